The van der Waals surface area contributed by atoms with Crippen LogP contribution in [0.1, 0.15) is 22.4 Å². The van der Waals surface area contributed by atoms with E-state index in [9.17, 15) is 0 Å². The second-order valence-corrected chi connectivity index (χ2v) is 6.12. The Hall–Kier alpha value is -1.49. The van der Waals surface area contributed by atoms with E-state index in [2.05, 4.69) is 5.32 Å². The molecule has 3 nitrogen and oxygen atoms in total. The molecule has 0 amide bonds. The number of rotatable bonds is 6. The summed E-state index contributed by atoms with van der Waals surface area (Å²) in [7, 11) is 0. The maximum Gasteiger partial charge on any atom is 0.126 e. The summed E-state index contributed by atoms with van der Waals surface area (Å²) < 4.78 is 11.6. The number of thiophene rings is 1. The van der Waals surface area contributed by atoms with E-state index in [0.717, 1.165) is 33.7 Å². The van der Waals surface area contributed by atoms with Gasteiger partial charge in [-0.15, -0.1) is 11.3 Å². The lowest BCUT2D eigenvalue weighted by molar-refractivity contribution is 0.440. The highest BCUT2D eigenvalue weighted by molar-refractivity contribution is 7.16. The van der Waals surface area contributed by atoms with Crippen molar-refractivity contribution in [3.63, 3.8) is 0 Å². The van der Waals surface area contributed by atoms with Gasteiger partial charge in [0.2, 0.25) is 0 Å². The van der Waals surface area contributed by atoms with Crippen LogP contribution in [-0.4, -0.2) is 6.54 Å². The van der Waals surface area contributed by atoms with Crippen LogP contribution in [0.5, 0.6) is 0 Å². The van der Waals surface area contributed by atoms with E-state index in [1.807, 2.05) is 36.4 Å². The van der Waals surface area contributed by atoms with Gasteiger partial charge in [0.05, 0.1) is 16.9 Å². The molecule has 0 aromatic carbocycles. The third kappa shape index (κ3) is 3.15. The number of hydrogen-bond acceptors (Lipinski definition) is 4. The molecule has 0 saturated heterocycles. The molecule has 0 spiro atoms. The smallest absolute Gasteiger partial charge is 0.126 e. The van der Waals surface area contributed by atoms with Gasteiger partial charge in [0, 0.05) is 17.8 Å². The van der Waals surface area contributed by atoms with E-state index in [-0.39, 0.29) is 6.04 Å². The fourth-order valence-corrected chi connectivity index (χ4v) is 3.22. The Labute approximate surface area is 126 Å². The minimum Gasteiger partial charge on any atom is -0.469 e. The number of nitrogens with one attached hydrogen (secondary N) is 1. The van der Waals surface area contributed by atoms with Crippen LogP contribution in [0, 0.1) is 0 Å². The molecule has 3 aromatic heterocycles. The zero-order valence-corrected chi connectivity index (χ0v) is 12.3. The minimum atomic E-state index is 0.0254. The summed E-state index contributed by atoms with van der Waals surface area (Å²) in [6.45, 7) is 0.800. The van der Waals surface area contributed by atoms with Crippen LogP contribution in [-0.2, 0) is 6.42 Å². The van der Waals surface area contributed by atoms with Gasteiger partial charge < -0.3 is 14.2 Å². The second kappa shape index (κ2) is 6.31. The summed E-state index contributed by atoms with van der Waals surface area (Å²) >= 11 is 7.59. The fourth-order valence-electron chi connectivity index (χ4n) is 2.07. The van der Waals surface area contributed by atoms with E-state index < -0.39 is 0 Å². The first-order valence-electron chi connectivity index (χ1n) is 6.37. The average molecular weight is 308 g/mol. The molecular weight excluding hydrogens is 294 g/mol. The predicted molar refractivity (Wildman–Crippen MR) is 80.3 cm³/mol. The lowest BCUT2D eigenvalue weighted by Gasteiger charge is -2.14. The predicted octanol–water partition coefficient (Wildman–Crippen LogP) is 4.51. The Morgan fingerprint density at radius 2 is 1.95 bits per heavy atom. The van der Waals surface area contributed by atoms with Crippen molar-refractivity contribution in [3.05, 3.63) is 69.7 Å². The quantitative estimate of drug-likeness (QED) is 0.728. The van der Waals surface area contributed by atoms with Crippen molar-refractivity contribution in [2.45, 2.75) is 12.5 Å². The highest BCUT2D eigenvalue weighted by atomic mass is 35.5. The van der Waals surface area contributed by atoms with Gasteiger partial charge >= 0.3 is 0 Å². The van der Waals surface area contributed by atoms with Crippen LogP contribution in [0.15, 0.2) is 57.8 Å². The SMILES string of the molecule is Clc1ccc(C(NCCc2ccco2)c2ccco2)s1. The van der Waals surface area contributed by atoms with Gasteiger partial charge in [0.15, 0.2) is 0 Å². The number of halogens is 1. The molecule has 3 heterocycles. The van der Waals surface area contributed by atoms with Gasteiger partial charge in [-0.3, -0.25) is 0 Å². The first-order chi connectivity index (χ1) is 9.83. The zero-order valence-electron chi connectivity index (χ0n) is 10.7. The van der Waals surface area contributed by atoms with Crippen molar-refractivity contribution >= 4 is 22.9 Å². The van der Waals surface area contributed by atoms with Crippen LogP contribution < -0.4 is 5.32 Å². The van der Waals surface area contributed by atoms with Gasteiger partial charge in [-0.1, -0.05) is 11.6 Å². The van der Waals surface area contributed by atoms with Crippen LogP contribution in [0.3, 0.4) is 0 Å². The molecule has 1 atom stereocenters. The highest BCUT2D eigenvalue weighted by Gasteiger charge is 2.18. The monoisotopic (exact) mass is 307 g/mol. The Morgan fingerprint density at radius 3 is 2.60 bits per heavy atom. The zero-order chi connectivity index (χ0) is 13.8. The second-order valence-electron chi connectivity index (χ2n) is 4.37. The van der Waals surface area contributed by atoms with E-state index in [1.165, 1.54) is 0 Å². The molecule has 104 valence electrons. The van der Waals surface area contributed by atoms with Crippen LogP contribution >= 0.6 is 22.9 Å². The van der Waals surface area contributed by atoms with Crippen LogP contribution in [0.25, 0.3) is 0 Å². The van der Waals surface area contributed by atoms with Crippen molar-refractivity contribution < 1.29 is 8.83 Å². The molecule has 3 aromatic rings. The summed E-state index contributed by atoms with van der Waals surface area (Å²) in [5.74, 6) is 1.86. The van der Waals surface area contributed by atoms with Gasteiger partial charge in [-0.2, -0.15) is 0 Å². The van der Waals surface area contributed by atoms with Gasteiger partial charge in [0.25, 0.3) is 0 Å². The third-order valence-electron chi connectivity index (χ3n) is 3.01. The molecule has 5 heteroatoms. The summed E-state index contributed by atoms with van der Waals surface area (Å²) in [5.41, 5.74) is 0. The van der Waals surface area contributed by atoms with E-state index in [0.29, 0.717) is 0 Å². The van der Waals surface area contributed by atoms with E-state index in [4.69, 9.17) is 20.4 Å². The molecule has 1 N–H and O–H groups in total. The van der Waals surface area contributed by atoms with E-state index >= 15 is 0 Å². The van der Waals surface area contributed by atoms with Crippen molar-refractivity contribution in [2.24, 2.45) is 0 Å². The van der Waals surface area contributed by atoms with Crippen molar-refractivity contribution in [3.8, 4) is 0 Å². The maximum atomic E-state index is 6.03. The highest BCUT2D eigenvalue weighted by Crippen LogP contribution is 2.31. The lowest BCUT2D eigenvalue weighted by Crippen LogP contribution is -2.23. The molecule has 20 heavy (non-hydrogen) atoms. The topological polar surface area (TPSA) is 38.3 Å². The van der Waals surface area contributed by atoms with Crippen molar-refractivity contribution in [2.75, 3.05) is 6.54 Å². The largest absolute Gasteiger partial charge is 0.469 e. The first kappa shape index (κ1) is 13.5. The van der Waals surface area contributed by atoms with Gasteiger partial charge in [-0.05, 0) is 36.4 Å². The molecule has 1 unspecified atom stereocenters. The van der Waals surface area contributed by atoms with Crippen molar-refractivity contribution in [1.82, 2.24) is 5.32 Å². The third-order valence-corrected chi connectivity index (χ3v) is 4.30. The first-order valence-corrected chi connectivity index (χ1v) is 7.57. The van der Waals surface area contributed by atoms with Gasteiger partial charge in [-0.25, -0.2) is 0 Å². The summed E-state index contributed by atoms with van der Waals surface area (Å²) in [6, 6.07) is 11.7. The number of furan rings is 2. The molecule has 0 aliphatic rings. The number of hydrogen-bond donors (Lipinski definition) is 1. The van der Waals surface area contributed by atoms with Crippen molar-refractivity contribution in [1.29, 1.82) is 0 Å². The normalized spacial score (nSPS) is 12.7. The van der Waals surface area contributed by atoms with Crippen LogP contribution in [0.2, 0.25) is 4.34 Å². The molecule has 0 aliphatic carbocycles. The maximum absolute atomic E-state index is 6.03. The molecule has 0 saturated carbocycles. The Balaban J connectivity index is 1.70. The standard InChI is InChI=1S/C15H14ClNO2S/c16-14-6-5-13(20-14)15(12-4-2-10-19-12)17-8-7-11-3-1-9-18-11/h1-6,9-10,15,17H,7-8H2. The van der Waals surface area contributed by atoms with E-state index in [1.54, 1.807) is 23.9 Å². The molecular formula is C15H14ClNO2S. The molecule has 0 bridgehead atoms. The minimum absolute atomic E-state index is 0.0254. The summed E-state index contributed by atoms with van der Waals surface area (Å²) in [4.78, 5) is 1.14. The fraction of sp³-hybridized carbons (Fsp3) is 0.200. The Morgan fingerprint density at radius 1 is 1.10 bits per heavy atom. The average Bonchev–Trinajstić information content (AvgIpc) is 3.17. The summed E-state index contributed by atoms with van der Waals surface area (Å²) in [5, 5.41) is 3.49. The lowest BCUT2D eigenvalue weighted by atomic mass is 10.2. The molecule has 3 rings (SSSR count). The molecule has 0 aliphatic heterocycles. The summed E-state index contributed by atoms with van der Waals surface area (Å²) in [6.07, 6.45) is 4.22. The Bertz CT molecular complexity index is 631. The van der Waals surface area contributed by atoms with Crippen LogP contribution in [0.4, 0.5) is 0 Å². The molecule has 0 fully saturated rings. The van der Waals surface area contributed by atoms with Gasteiger partial charge in [0.1, 0.15) is 17.6 Å². The Kier molecular flexibility index (Phi) is 4.25. The molecule has 0 radical (unpaired) electrons.